The van der Waals surface area contributed by atoms with Crippen molar-refractivity contribution in [2.45, 2.75) is 44.7 Å². The summed E-state index contributed by atoms with van der Waals surface area (Å²) in [5, 5.41) is 13.1. The Morgan fingerprint density at radius 2 is 2.33 bits per heavy atom. The van der Waals surface area contributed by atoms with Gasteiger partial charge in [0.15, 0.2) is 0 Å². The van der Waals surface area contributed by atoms with Crippen LogP contribution in [0.5, 0.6) is 0 Å². The zero-order valence-corrected chi connectivity index (χ0v) is 10.7. The number of rotatable bonds is 5. The van der Waals surface area contributed by atoms with Crippen LogP contribution in [0.4, 0.5) is 0 Å². The molecule has 1 unspecified atom stereocenters. The minimum atomic E-state index is 0.160. The third kappa shape index (κ3) is 3.32. The van der Waals surface area contributed by atoms with Crippen LogP contribution in [0.2, 0.25) is 0 Å². The van der Waals surface area contributed by atoms with Crippen molar-refractivity contribution in [2.75, 3.05) is 13.2 Å². The summed E-state index contributed by atoms with van der Waals surface area (Å²) in [5.41, 5.74) is 0. The predicted octanol–water partition coefficient (Wildman–Crippen LogP) is 1.04. The van der Waals surface area contributed by atoms with Crippen LogP contribution in [0.15, 0.2) is 18.5 Å². The molecule has 1 amide bonds. The Bertz CT molecular complexity index is 362. The smallest absolute Gasteiger partial charge is 0.224 e. The van der Waals surface area contributed by atoms with Crippen molar-refractivity contribution in [1.29, 1.82) is 0 Å². The Labute approximate surface area is 107 Å². The van der Waals surface area contributed by atoms with Crippen LogP contribution < -0.4 is 0 Å². The van der Waals surface area contributed by atoms with Crippen LogP contribution in [0.25, 0.3) is 0 Å². The van der Waals surface area contributed by atoms with Gasteiger partial charge in [-0.15, -0.1) is 0 Å². The Morgan fingerprint density at radius 1 is 1.44 bits per heavy atom. The summed E-state index contributed by atoms with van der Waals surface area (Å²) in [6.07, 6.45) is 8.04. The van der Waals surface area contributed by atoms with E-state index in [1.807, 2.05) is 17.2 Å². The molecular formula is C13H21N3O2. The van der Waals surface area contributed by atoms with Crippen LogP contribution in [-0.4, -0.2) is 44.9 Å². The molecule has 0 spiro atoms. The molecule has 0 aromatic carbocycles. The highest BCUT2D eigenvalue weighted by molar-refractivity contribution is 5.76. The first-order valence-corrected chi connectivity index (χ1v) is 6.69. The number of hydrogen-bond acceptors (Lipinski definition) is 3. The summed E-state index contributed by atoms with van der Waals surface area (Å²) in [6.45, 7) is 1.63. The van der Waals surface area contributed by atoms with E-state index in [2.05, 4.69) is 5.10 Å². The molecule has 1 aromatic heterocycles. The molecule has 5 heteroatoms. The molecule has 1 aromatic rings. The highest BCUT2D eigenvalue weighted by Crippen LogP contribution is 2.20. The Hall–Kier alpha value is -1.36. The number of aromatic nitrogens is 2. The highest BCUT2D eigenvalue weighted by atomic mass is 16.3. The van der Waals surface area contributed by atoms with Gasteiger partial charge in [0.05, 0.1) is 0 Å². The molecule has 2 heterocycles. The third-order valence-corrected chi connectivity index (χ3v) is 3.52. The molecule has 5 nitrogen and oxygen atoms in total. The maximum atomic E-state index is 12.2. The van der Waals surface area contributed by atoms with Crippen molar-refractivity contribution in [3.8, 4) is 0 Å². The number of likely N-dealkylation sites (tertiary alicyclic amines) is 1. The van der Waals surface area contributed by atoms with E-state index in [1.54, 1.807) is 10.9 Å². The van der Waals surface area contributed by atoms with E-state index in [-0.39, 0.29) is 18.6 Å². The van der Waals surface area contributed by atoms with E-state index >= 15 is 0 Å². The van der Waals surface area contributed by atoms with Crippen molar-refractivity contribution < 1.29 is 9.90 Å². The molecule has 2 rings (SSSR count). The number of hydrogen-bond donors (Lipinski definition) is 1. The number of piperidine rings is 1. The van der Waals surface area contributed by atoms with Crippen LogP contribution in [-0.2, 0) is 11.3 Å². The quantitative estimate of drug-likeness (QED) is 0.850. The molecule has 1 aliphatic heterocycles. The number of carbonyl (C=O) groups excluding carboxylic acids is 1. The molecule has 0 bridgehead atoms. The van der Waals surface area contributed by atoms with Gasteiger partial charge in [0.25, 0.3) is 0 Å². The lowest BCUT2D eigenvalue weighted by Gasteiger charge is -2.35. The van der Waals surface area contributed by atoms with Crippen LogP contribution in [0, 0.1) is 0 Å². The van der Waals surface area contributed by atoms with E-state index in [9.17, 15) is 4.79 Å². The minimum Gasteiger partial charge on any atom is -0.396 e. The van der Waals surface area contributed by atoms with Gasteiger partial charge in [0, 0.05) is 44.6 Å². The van der Waals surface area contributed by atoms with Gasteiger partial charge in [-0.25, -0.2) is 0 Å². The van der Waals surface area contributed by atoms with Gasteiger partial charge in [-0.05, 0) is 31.7 Å². The Morgan fingerprint density at radius 3 is 3.06 bits per heavy atom. The molecule has 100 valence electrons. The summed E-state index contributed by atoms with van der Waals surface area (Å²) in [4.78, 5) is 14.1. The number of aryl methyl sites for hydroxylation is 1. The van der Waals surface area contributed by atoms with Gasteiger partial charge in [0.2, 0.25) is 5.91 Å². The third-order valence-electron chi connectivity index (χ3n) is 3.52. The minimum absolute atomic E-state index is 0.160. The van der Waals surface area contributed by atoms with Crippen molar-refractivity contribution in [3.63, 3.8) is 0 Å². The Kier molecular flexibility index (Phi) is 4.75. The number of amides is 1. The molecule has 0 aliphatic carbocycles. The molecule has 1 saturated heterocycles. The van der Waals surface area contributed by atoms with Crippen LogP contribution in [0.3, 0.4) is 0 Å². The number of nitrogens with zero attached hydrogens (tertiary/aromatic N) is 3. The first kappa shape index (κ1) is 13.1. The van der Waals surface area contributed by atoms with Gasteiger partial charge in [-0.2, -0.15) is 5.10 Å². The molecule has 18 heavy (non-hydrogen) atoms. The first-order valence-electron chi connectivity index (χ1n) is 6.69. The van der Waals surface area contributed by atoms with Crippen molar-refractivity contribution >= 4 is 5.91 Å². The second-order valence-electron chi connectivity index (χ2n) is 4.77. The monoisotopic (exact) mass is 251 g/mol. The zero-order chi connectivity index (χ0) is 12.8. The summed E-state index contributed by atoms with van der Waals surface area (Å²) < 4.78 is 1.78. The van der Waals surface area contributed by atoms with Gasteiger partial charge in [-0.1, -0.05) is 0 Å². The van der Waals surface area contributed by atoms with E-state index in [1.165, 1.54) is 0 Å². The van der Waals surface area contributed by atoms with Gasteiger partial charge >= 0.3 is 0 Å². The molecular weight excluding hydrogens is 230 g/mol. The second-order valence-corrected chi connectivity index (χ2v) is 4.77. The lowest BCUT2D eigenvalue weighted by atomic mass is 9.99. The Balaban J connectivity index is 1.85. The lowest BCUT2D eigenvalue weighted by molar-refractivity contribution is -0.135. The van der Waals surface area contributed by atoms with E-state index in [0.717, 1.165) is 25.8 Å². The lowest BCUT2D eigenvalue weighted by Crippen LogP contribution is -2.44. The topological polar surface area (TPSA) is 58.4 Å². The van der Waals surface area contributed by atoms with Crippen molar-refractivity contribution in [2.24, 2.45) is 0 Å². The van der Waals surface area contributed by atoms with Crippen LogP contribution in [0.1, 0.15) is 32.1 Å². The first-order chi connectivity index (χ1) is 8.81. The molecule has 1 atom stereocenters. The van der Waals surface area contributed by atoms with E-state index < -0.39 is 0 Å². The fourth-order valence-corrected chi connectivity index (χ4v) is 2.56. The standard InChI is InChI=1S/C13H21N3O2/c17-11-6-12-4-1-2-9-16(12)13(18)5-10-15-8-3-7-14-15/h3,7-8,12,17H,1-2,4-6,9-11H2. The summed E-state index contributed by atoms with van der Waals surface area (Å²) in [5.74, 6) is 0.184. The zero-order valence-electron chi connectivity index (χ0n) is 10.7. The second kappa shape index (κ2) is 6.54. The molecule has 0 radical (unpaired) electrons. The summed E-state index contributed by atoms with van der Waals surface area (Å²) in [6, 6.07) is 2.09. The normalized spacial score (nSPS) is 20.1. The fraction of sp³-hybridized carbons (Fsp3) is 0.692. The summed E-state index contributed by atoms with van der Waals surface area (Å²) in [7, 11) is 0. The fourth-order valence-electron chi connectivity index (χ4n) is 2.56. The van der Waals surface area contributed by atoms with Gasteiger partial charge in [-0.3, -0.25) is 9.48 Å². The number of carbonyl (C=O) groups is 1. The average Bonchev–Trinajstić information content (AvgIpc) is 2.90. The van der Waals surface area contributed by atoms with E-state index in [4.69, 9.17) is 5.11 Å². The number of aliphatic hydroxyl groups excluding tert-OH is 1. The SMILES string of the molecule is O=C(CCn1cccn1)N1CCCCC1CCO. The maximum absolute atomic E-state index is 12.2. The maximum Gasteiger partial charge on any atom is 0.224 e. The number of aliphatic hydroxyl groups is 1. The highest BCUT2D eigenvalue weighted by Gasteiger charge is 2.25. The summed E-state index contributed by atoms with van der Waals surface area (Å²) >= 11 is 0. The predicted molar refractivity (Wildman–Crippen MR) is 67.9 cm³/mol. The molecule has 1 aliphatic rings. The van der Waals surface area contributed by atoms with Crippen molar-refractivity contribution in [1.82, 2.24) is 14.7 Å². The van der Waals surface area contributed by atoms with Crippen molar-refractivity contribution in [3.05, 3.63) is 18.5 Å². The van der Waals surface area contributed by atoms with E-state index in [0.29, 0.717) is 19.4 Å². The van der Waals surface area contributed by atoms with Crippen LogP contribution >= 0.6 is 0 Å². The average molecular weight is 251 g/mol. The van der Waals surface area contributed by atoms with Gasteiger partial charge < -0.3 is 10.0 Å². The largest absolute Gasteiger partial charge is 0.396 e. The molecule has 1 N–H and O–H groups in total. The molecule has 1 fully saturated rings. The van der Waals surface area contributed by atoms with Gasteiger partial charge in [0.1, 0.15) is 0 Å². The molecule has 0 saturated carbocycles.